The van der Waals surface area contributed by atoms with Gasteiger partial charge in [-0.1, -0.05) is 59.1 Å². The van der Waals surface area contributed by atoms with Crippen molar-refractivity contribution < 1.29 is 14.3 Å². The van der Waals surface area contributed by atoms with E-state index in [1.54, 1.807) is 31.5 Å². The Bertz CT molecular complexity index is 1240. The molecular weight excluding hydrogens is 533 g/mol. The summed E-state index contributed by atoms with van der Waals surface area (Å²) in [7, 11) is 1.60. The lowest BCUT2D eigenvalue weighted by Crippen LogP contribution is -2.39. The van der Waals surface area contributed by atoms with Crippen LogP contribution in [0.2, 0.25) is 15.1 Å². The van der Waals surface area contributed by atoms with Crippen LogP contribution in [0, 0.1) is 5.92 Å². The molecule has 1 amide bonds. The largest absolute Gasteiger partial charge is 0.496 e. The summed E-state index contributed by atoms with van der Waals surface area (Å²) in [5.74, 6) is 1.17. The number of benzene rings is 3. The molecule has 1 fully saturated rings. The highest BCUT2D eigenvalue weighted by Crippen LogP contribution is 2.28. The van der Waals surface area contributed by atoms with Gasteiger partial charge in [0.2, 0.25) is 5.91 Å². The number of amides is 1. The van der Waals surface area contributed by atoms with Gasteiger partial charge in [-0.05, 0) is 67.4 Å². The molecule has 0 aromatic heterocycles. The highest BCUT2D eigenvalue weighted by Gasteiger charge is 2.24. The van der Waals surface area contributed by atoms with Crippen molar-refractivity contribution in [2.24, 2.45) is 11.0 Å². The number of hydrogen-bond acceptors (Lipinski definition) is 5. The Morgan fingerprint density at radius 1 is 1.03 bits per heavy atom. The van der Waals surface area contributed by atoms with Crippen molar-refractivity contribution in [3.63, 3.8) is 0 Å². The van der Waals surface area contributed by atoms with Crippen molar-refractivity contribution in [2.45, 2.75) is 26.0 Å². The molecule has 0 aliphatic carbocycles. The monoisotopic (exact) mass is 559 g/mol. The Morgan fingerprint density at radius 2 is 1.78 bits per heavy atom. The summed E-state index contributed by atoms with van der Waals surface area (Å²) in [5, 5.41) is 5.81. The van der Waals surface area contributed by atoms with Crippen LogP contribution in [-0.2, 0) is 17.9 Å². The number of rotatable bonds is 9. The number of carbonyl (C=O) groups is 1. The topological polar surface area (TPSA) is 63.2 Å². The van der Waals surface area contributed by atoms with Crippen molar-refractivity contribution >= 4 is 46.9 Å². The Kier molecular flexibility index (Phi) is 9.69. The Balaban J connectivity index is 1.25. The fourth-order valence-corrected chi connectivity index (χ4v) is 4.57. The number of nitrogens with one attached hydrogen (secondary N) is 1. The fourth-order valence-electron chi connectivity index (χ4n) is 4.15. The summed E-state index contributed by atoms with van der Waals surface area (Å²) in [4.78, 5) is 15.0. The predicted octanol–water partition coefficient (Wildman–Crippen LogP) is 6.60. The van der Waals surface area contributed by atoms with Crippen molar-refractivity contribution in [2.75, 3.05) is 20.2 Å². The number of halogens is 3. The van der Waals surface area contributed by atoms with E-state index in [9.17, 15) is 4.79 Å². The summed E-state index contributed by atoms with van der Waals surface area (Å²) in [6.45, 7) is 2.90. The molecule has 4 rings (SSSR count). The Hall–Kier alpha value is -2.77. The third-order valence-corrected chi connectivity index (χ3v) is 7.25. The smallest absolute Gasteiger partial charge is 0.243 e. The van der Waals surface area contributed by atoms with Crippen LogP contribution in [0.1, 0.15) is 29.5 Å². The molecule has 0 saturated carbocycles. The SMILES string of the molecule is COc1cc(/C=N/NC(=O)C2CCN(Cc3ccc(Cl)cc3)CC2)ccc1COc1ccc(Cl)c(Cl)c1. The summed E-state index contributed by atoms with van der Waals surface area (Å²) in [5.41, 5.74) is 5.57. The predicted molar refractivity (Wildman–Crippen MR) is 149 cm³/mol. The molecule has 1 aliphatic rings. The molecule has 0 unspecified atom stereocenters. The van der Waals surface area contributed by atoms with Crippen LogP contribution in [0.5, 0.6) is 11.5 Å². The number of carbonyl (C=O) groups excluding carboxylic acids is 1. The zero-order valence-corrected chi connectivity index (χ0v) is 22.7. The van der Waals surface area contributed by atoms with Crippen molar-refractivity contribution in [1.82, 2.24) is 10.3 Å². The first kappa shape index (κ1) is 27.3. The number of hydrogen-bond donors (Lipinski definition) is 1. The molecule has 3 aromatic carbocycles. The number of ether oxygens (including phenoxy) is 2. The molecule has 1 N–H and O–H groups in total. The van der Waals surface area contributed by atoms with E-state index in [2.05, 4.69) is 15.4 Å². The van der Waals surface area contributed by atoms with Crippen LogP contribution in [-0.4, -0.2) is 37.2 Å². The van der Waals surface area contributed by atoms with E-state index in [0.717, 1.165) is 48.6 Å². The molecule has 194 valence electrons. The second kappa shape index (κ2) is 13.2. The third-order valence-electron chi connectivity index (χ3n) is 6.26. The van der Waals surface area contributed by atoms with Crippen LogP contribution in [0.25, 0.3) is 0 Å². The first-order valence-electron chi connectivity index (χ1n) is 12.0. The molecule has 1 heterocycles. The Labute approximate surface area is 232 Å². The van der Waals surface area contributed by atoms with Gasteiger partial charge in [0, 0.05) is 29.1 Å². The molecule has 3 aromatic rings. The third kappa shape index (κ3) is 7.86. The molecule has 1 saturated heterocycles. The minimum absolute atomic E-state index is 0.0472. The lowest BCUT2D eigenvalue weighted by Gasteiger charge is -2.30. The normalized spacial score (nSPS) is 14.6. The van der Waals surface area contributed by atoms with Gasteiger partial charge in [0.1, 0.15) is 18.1 Å². The molecule has 6 nitrogen and oxygen atoms in total. The van der Waals surface area contributed by atoms with E-state index in [0.29, 0.717) is 28.2 Å². The zero-order valence-electron chi connectivity index (χ0n) is 20.4. The first-order chi connectivity index (χ1) is 17.9. The average molecular weight is 561 g/mol. The maximum absolute atomic E-state index is 12.6. The summed E-state index contributed by atoms with van der Waals surface area (Å²) in [6, 6.07) is 18.6. The van der Waals surface area contributed by atoms with Crippen LogP contribution in [0.3, 0.4) is 0 Å². The van der Waals surface area contributed by atoms with Crippen molar-refractivity contribution in [1.29, 1.82) is 0 Å². The second-order valence-electron chi connectivity index (χ2n) is 8.85. The van der Waals surface area contributed by atoms with E-state index >= 15 is 0 Å². The summed E-state index contributed by atoms with van der Waals surface area (Å²) < 4.78 is 11.3. The molecule has 0 spiro atoms. The lowest BCUT2D eigenvalue weighted by molar-refractivity contribution is -0.126. The summed E-state index contributed by atoms with van der Waals surface area (Å²) in [6.07, 6.45) is 3.21. The maximum Gasteiger partial charge on any atom is 0.243 e. The van der Waals surface area contributed by atoms with Crippen LogP contribution < -0.4 is 14.9 Å². The van der Waals surface area contributed by atoms with Gasteiger partial charge in [0.15, 0.2) is 0 Å². The molecule has 0 radical (unpaired) electrons. The average Bonchev–Trinajstić information content (AvgIpc) is 2.91. The quantitative estimate of drug-likeness (QED) is 0.237. The van der Waals surface area contributed by atoms with Gasteiger partial charge in [-0.2, -0.15) is 5.10 Å². The van der Waals surface area contributed by atoms with E-state index in [1.807, 2.05) is 42.5 Å². The molecule has 9 heteroatoms. The van der Waals surface area contributed by atoms with Crippen LogP contribution >= 0.6 is 34.8 Å². The van der Waals surface area contributed by atoms with E-state index in [4.69, 9.17) is 44.3 Å². The van der Waals surface area contributed by atoms with Crippen LogP contribution in [0.4, 0.5) is 0 Å². The van der Waals surface area contributed by atoms with Gasteiger partial charge in [-0.15, -0.1) is 0 Å². The van der Waals surface area contributed by atoms with E-state index in [-0.39, 0.29) is 11.8 Å². The highest BCUT2D eigenvalue weighted by atomic mass is 35.5. The van der Waals surface area contributed by atoms with E-state index in [1.165, 1.54) is 5.56 Å². The van der Waals surface area contributed by atoms with Crippen molar-refractivity contribution in [3.05, 3.63) is 92.4 Å². The minimum atomic E-state index is -0.0546. The number of nitrogens with zero attached hydrogens (tertiary/aromatic N) is 2. The minimum Gasteiger partial charge on any atom is -0.496 e. The number of piperidine rings is 1. The van der Waals surface area contributed by atoms with Crippen LogP contribution in [0.15, 0.2) is 65.8 Å². The second-order valence-corrected chi connectivity index (χ2v) is 10.1. The van der Waals surface area contributed by atoms with Gasteiger partial charge < -0.3 is 9.47 Å². The summed E-state index contributed by atoms with van der Waals surface area (Å²) >= 11 is 18.0. The number of methoxy groups -OCH3 is 1. The fraction of sp³-hybridized carbons (Fsp3) is 0.286. The van der Waals surface area contributed by atoms with Gasteiger partial charge >= 0.3 is 0 Å². The van der Waals surface area contributed by atoms with Gasteiger partial charge in [-0.25, -0.2) is 5.43 Å². The molecule has 1 aliphatic heterocycles. The van der Waals surface area contributed by atoms with Gasteiger partial charge in [0.05, 0.1) is 23.4 Å². The van der Waals surface area contributed by atoms with Gasteiger partial charge in [-0.3, -0.25) is 9.69 Å². The maximum atomic E-state index is 12.6. The lowest BCUT2D eigenvalue weighted by atomic mass is 9.96. The van der Waals surface area contributed by atoms with Crippen molar-refractivity contribution in [3.8, 4) is 11.5 Å². The molecule has 37 heavy (non-hydrogen) atoms. The molecule has 0 bridgehead atoms. The number of likely N-dealkylation sites (tertiary alicyclic amines) is 1. The molecular formula is C28H28Cl3N3O3. The number of hydrazone groups is 1. The molecule has 0 atom stereocenters. The van der Waals surface area contributed by atoms with Gasteiger partial charge in [0.25, 0.3) is 0 Å². The zero-order chi connectivity index (χ0) is 26.2. The standard InChI is InChI=1S/C28H28Cl3N3O3/c1-36-27-14-20(2-5-22(27)18-37-24-8-9-25(30)26(31)15-24)16-32-33-28(35)21-10-12-34(13-11-21)17-19-3-6-23(29)7-4-19/h2-9,14-16,21H,10-13,17-18H2,1H3,(H,33,35)/b32-16+. The first-order valence-corrected chi connectivity index (χ1v) is 13.1. The highest BCUT2D eigenvalue weighted by molar-refractivity contribution is 6.42. The Morgan fingerprint density at radius 3 is 2.49 bits per heavy atom. The van der Waals surface area contributed by atoms with E-state index < -0.39 is 0 Å².